The zero-order chi connectivity index (χ0) is 13.7. The monoisotopic (exact) mass is 254 g/mol. The van der Waals surface area contributed by atoms with E-state index in [1.807, 2.05) is 37.3 Å². The van der Waals surface area contributed by atoms with Crippen LogP contribution in [0.4, 0.5) is 10.1 Å². The van der Waals surface area contributed by atoms with Crippen molar-refractivity contribution in [1.29, 1.82) is 5.26 Å². The lowest BCUT2D eigenvalue weighted by Crippen LogP contribution is -2.11. The highest BCUT2D eigenvalue weighted by molar-refractivity contribution is 5.49. The van der Waals surface area contributed by atoms with Crippen LogP contribution in [0.5, 0.6) is 0 Å². The molecule has 2 aromatic rings. The second-order valence-electron chi connectivity index (χ2n) is 4.45. The number of nitriles is 1. The minimum Gasteiger partial charge on any atom is -0.375 e. The van der Waals surface area contributed by atoms with Crippen LogP contribution in [0.25, 0.3) is 0 Å². The van der Waals surface area contributed by atoms with E-state index in [1.165, 1.54) is 6.07 Å². The molecule has 0 aliphatic rings. The Morgan fingerprint density at radius 2 is 1.95 bits per heavy atom. The van der Waals surface area contributed by atoms with Crippen molar-refractivity contribution in [2.24, 2.45) is 0 Å². The third-order valence-electron chi connectivity index (χ3n) is 2.95. The number of hydrogen-bond donors (Lipinski definition) is 1. The molecule has 96 valence electrons. The maximum absolute atomic E-state index is 13.7. The molecule has 0 radical (unpaired) electrons. The average molecular weight is 254 g/mol. The second kappa shape index (κ2) is 6.01. The van der Waals surface area contributed by atoms with Crippen LogP contribution in [0.3, 0.4) is 0 Å². The van der Waals surface area contributed by atoms with E-state index in [0.717, 1.165) is 11.1 Å². The van der Waals surface area contributed by atoms with Crippen LogP contribution in [-0.4, -0.2) is 0 Å². The fraction of sp³-hybridized carbons (Fsp3) is 0.188. The third kappa shape index (κ3) is 3.32. The largest absolute Gasteiger partial charge is 0.375 e. The van der Waals surface area contributed by atoms with Gasteiger partial charge >= 0.3 is 0 Å². The maximum Gasteiger partial charge on any atom is 0.146 e. The quantitative estimate of drug-likeness (QED) is 0.887. The summed E-state index contributed by atoms with van der Waals surface area (Å²) in [7, 11) is 0. The predicted octanol–water partition coefficient (Wildman–Crippen LogP) is 4.20. The molecule has 0 aliphatic heterocycles. The van der Waals surface area contributed by atoms with E-state index in [-0.39, 0.29) is 18.3 Å². The molecule has 1 unspecified atom stereocenters. The number of nitrogens with zero attached hydrogens (tertiary/aromatic N) is 1. The summed E-state index contributed by atoms with van der Waals surface area (Å²) < 4.78 is 13.7. The van der Waals surface area contributed by atoms with Crippen LogP contribution in [0, 0.1) is 24.1 Å². The molecule has 0 spiro atoms. The minimum atomic E-state index is -0.301. The van der Waals surface area contributed by atoms with Crippen molar-refractivity contribution in [3.05, 3.63) is 65.5 Å². The van der Waals surface area contributed by atoms with Crippen LogP contribution in [-0.2, 0) is 0 Å². The van der Waals surface area contributed by atoms with Gasteiger partial charge in [0, 0.05) is 0 Å². The van der Waals surface area contributed by atoms with E-state index in [2.05, 4.69) is 11.4 Å². The molecule has 3 heteroatoms. The molecule has 2 aromatic carbocycles. The van der Waals surface area contributed by atoms with E-state index in [0.29, 0.717) is 5.69 Å². The molecule has 0 saturated heterocycles. The van der Waals surface area contributed by atoms with Crippen LogP contribution in [0.15, 0.2) is 48.5 Å². The molecule has 0 aromatic heterocycles. The van der Waals surface area contributed by atoms with Gasteiger partial charge in [0.2, 0.25) is 0 Å². The van der Waals surface area contributed by atoms with Crippen molar-refractivity contribution < 1.29 is 4.39 Å². The van der Waals surface area contributed by atoms with Gasteiger partial charge in [0.05, 0.1) is 24.2 Å². The zero-order valence-corrected chi connectivity index (χ0v) is 10.7. The molecule has 0 aliphatic carbocycles. The van der Waals surface area contributed by atoms with Gasteiger partial charge in [-0.1, -0.05) is 36.4 Å². The second-order valence-corrected chi connectivity index (χ2v) is 4.45. The Labute approximate surface area is 112 Å². The summed E-state index contributed by atoms with van der Waals surface area (Å²) in [5, 5.41) is 12.0. The predicted molar refractivity (Wildman–Crippen MR) is 74.2 cm³/mol. The molecule has 2 nitrogen and oxygen atoms in total. The Bertz CT molecular complexity index is 587. The highest BCUT2D eigenvalue weighted by atomic mass is 19.1. The average Bonchev–Trinajstić information content (AvgIpc) is 2.43. The Balaban J connectivity index is 2.27. The number of aryl methyl sites for hydroxylation is 1. The molecular weight excluding hydrogens is 239 g/mol. The number of anilines is 1. The van der Waals surface area contributed by atoms with Gasteiger partial charge in [0.1, 0.15) is 5.82 Å². The third-order valence-corrected chi connectivity index (χ3v) is 2.95. The van der Waals surface area contributed by atoms with Gasteiger partial charge in [-0.05, 0) is 30.2 Å². The van der Waals surface area contributed by atoms with Crippen LogP contribution < -0.4 is 5.32 Å². The molecular formula is C16H15FN2. The summed E-state index contributed by atoms with van der Waals surface area (Å²) >= 11 is 0. The summed E-state index contributed by atoms with van der Waals surface area (Å²) in [6, 6.07) is 16.4. The molecule has 0 fully saturated rings. The van der Waals surface area contributed by atoms with E-state index in [1.54, 1.807) is 12.1 Å². The van der Waals surface area contributed by atoms with E-state index >= 15 is 0 Å². The van der Waals surface area contributed by atoms with Crippen molar-refractivity contribution in [2.45, 2.75) is 19.4 Å². The first kappa shape index (κ1) is 13.1. The summed E-state index contributed by atoms with van der Waals surface area (Å²) in [6.45, 7) is 1.91. The van der Waals surface area contributed by atoms with E-state index < -0.39 is 0 Å². The first-order valence-corrected chi connectivity index (χ1v) is 6.15. The Hall–Kier alpha value is -2.34. The van der Waals surface area contributed by atoms with Crippen LogP contribution in [0.1, 0.15) is 23.6 Å². The van der Waals surface area contributed by atoms with E-state index in [9.17, 15) is 4.39 Å². The molecule has 19 heavy (non-hydrogen) atoms. The minimum absolute atomic E-state index is 0.206. The van der Waals surface area contributed by atoms with Gasteiger partial charge in [0.25, 0.3) is 0 Å². The molecule has 2 rings (SSSR count). The Morgan fingerprint density at radius 1 is 1.21 bits per heavy atom. The summed E-state index contributed by atoms with van der Waals surface area (Å²) in [5.74, 6) is -0.301. The molecule has 0 amide bonds. The molecule has 1 N–H and O–H groups in total. The molecule has 0 bridgehead atoms. The lowest BCUT2D eigenvalue weighted by atomic mass is 10.0. The standard InChI is InChI=1S/C16H15FN2/c1-12-7-8-14(17)16(11-12)19-15(9-10-18)13-5-3-2-4-6-13/h2-8,11,15,19H,9H2,1H3. The normalized spacial score (nSPS) is 11.6. The molecule has 1 atom stereocenters. The lowest BCUT2D eigenvalue weighted by molar-refractivity contribution is 0.625. The number of nitrogens with one attached hydrogen (secondary N) is 1. The SMILES string of the molecule is Cc1ccc(F)c(NC(CC#N)c2ccccc2)c1. The smallest absolute Gasteiger partial charge is 0.146 e. The van der Waals surface area contributed by atoms with Gasteiger partial charge in [-0.15, -0.1) is 0 Å². The number of rotatable bonds is 4. The lowest BCUT2D eigenvalue weighted by Gasteiger charge is -2.18. The summed E-state index contributed by atoms with van der Waals surface area (Å²) in [6.07, 6.45) is 0.289. The number of benzene rings is 2. The Morgan fingerprint density at radius 3 is 2.63 bits per heavy atom. The van der Waals surface area contributed by atoms with Crippen molar-refractivity contribution in [3.63, 3.8) is 0 Å². The van der Waals surface area contributed by atoms with Gasteiger partial charge in [-0.25, -0.2) is 4.39 Å². The first-order chi connectivity index (χ1) is 9.20. The van der Waals surface area contributed by atoms with Crippen molar-refractivity contribution in [2.75, 3.05) is 5.32 Å². The van der Waals surface area contributed by atoms with Crippen LogP contribution in [0.2, 0.25) is 0 Å². The molecule has 0 saturated carbocycles. The van der Waals surface area contributed by atoms with Gasteiger partial charge in [0.15, 0.2) is 0 Å². The fourth-order valence-electron chi connectivity index (χ4n) is 1.97. The zero-order valence-electron chi connectivity index (χ0n) is 10.7. The maximum atomic E-state index is 13.7. The number of halogens is 1. The van der Waals surface area contributed by atoms with Crippen molar-refractivity contribution in [3.8, 4) is 6.07 Å². The number of hydrogen-bond acceptors (Lipinski definition) is 2. The topological polar surface area (TPSA) is 35.8 Å². The van der Waals surface area contributed by atoms with Crippen molar-refractivity contribution >= 4 is 5.69 Å². The highest BCUT2D eigenvalue weighted by Gasteiger charge is 2.12. The molecule has 0 heterocycles. The summed E-state index contributed by atoms with van der Waals surface area (Å²) in [5.41, 5.74) is 2.39. The van der Waals surface area contributed by atoms with E-state index in [4.69, 9.17) is 5.26 Å². The van der Waals surface area contributed by atoms with Gasteiger partial charge in [-0.3, -0.25) is 0 Å². The van der Waals surface area contributed by atoms with Crippen LogP contribution >= 0.6 is 0 Å². The Kier molecular flexibility index (Phi) is 4.15. The first-order valence-electron chi connectivity index (χ1n) is 6.15. The fourth-order valence-corrected chi connectivity index (χ4v) is 1.97. The highest BCUT2D eigenvalue weighted by Crippen LogP contribution is 2.24. The van der Waals surface area contributed by atoms with Crippen molar-refractivity contribution in [1.82, 2.24) is 0 Å². The van der Waals surface area contributed by atoms with Gasteiger partial charge < -0.3 is 5.32 Å². The van der Waals surface area contributed by atoms with Gasteiger partial charge in [-0.2, -0.15) is 5.26 Å². The summed E-state index contributed by atoms with van der Waals surface area (Å²) in [4.78, 5) is 0.